The molecule has 0 aromatic heterocycles. The Morgan fingerprint density at radius 3 is 2.46 bits per heavy atom. The molecule has 2 heterocycles. The third-order valence-corrected chi connectivity index (χ3v) is 4.32. The van der Waals surface area contributed by atoms with Crippen molar-refractivity contribution in [2.45, 2.75) is 50.9 Å². The van der Waals surface area contributed by atoms with Gasteiger partial charge in [-0.15, -0.1) is 0 Å². The van der Waals surface area contributed by atoms with Crippen molar-refractivity contribution in [1.82, 2.24) is 4.90 Å². The van der Waals surface area contributed by atoms with Crippen molar-refractivity contribution >= 4 is 7.85 Å². The lowest BCUT2D eigenvalue weighted by Gasteiger charge is -2.40. The molecule has 0 aromatic carbocycles. The third kappa shape index (κ3) is 0.923. The molecule has 0 spiro atoms. The van der Waals surface area contributed by atoms with Gasteiger partial charge in [0.1, 0.15) is 7.85 Å². The molecule has 72 valence electrons. The van der Waals surface area contributed by atoms with Gasteiger partial charge in [-0.1, -0.05) is 13.8 Å². The van der Waals surface area contributed by atoms with E-state index in [9.17, 15) is 0 Å². The average molecular weight is 179 g/mol. The molecule has 2 aliphatic rings. The largest absolute Gasteiger partial charge is 0.378 e. The van der Waals surface area contributed by atoms with Gasteiger partial charge >= 0.3 is 0 Å². The lowest BCUT2D eigenvalue weighted by atomic mass is 9.82. The van der Waals surface area contributed by atoms with Crippen LogP contribution in [-0.4, -0.2) is 43.5 Å². The van der Waals surface area contributed by atoms with E-state index in [4.69, 9.17) is 12.6 Å². The third-order valence-electron chi connectivity index (χ3n) is 4.32. The van der Waals surface area contributed by atoms with Gasteiger partial charge in [-0.3, -0.25) is 4.90 Å². The maximum atomic E-state index is 5.96. The molecule has 2 radical (unpaired) electrons. The van der Waals surface area contributed by atoms with E-state index in [1.165, 1.54) is 0 Å². The van der Waals surface area contributed by atoms with Crippen LogP contribution in [0.15, 0.2) is 0 Å². The van der Waals surface area contributed by atoms with Crippen LogP contribution >= 0.6 is 0 Å². The minimum atomic E-state index is -0.0869. The van der Waals surface area contributed by atoms with Gasteiger partial charge in [0.05, 0.1) is 5.60 Å². The second-order valence-corrected chi connectivity index (χ2v) is 4.51. The molecule has 2 saturated heterocycles. The van der Waals surface area contributed by atoms with E-state index < -0.39 is 0 Å². The number of rotatable bonds is 1. The first kappa shape index (κ1) is 9.54. The van der Waals surface area contributed by atoms with Gasteiger partial charge in [-0.05, 0) is 20.4 Å². The van der Waals surface area contributed by atoms with Crippen molar-refractivity contribution < 1.29 is 4.74 Å². The Kier molecular flexibility index (Phi) is 2.01. The number of fused-ring (bicyclic) bond motifs is 2. The highest BCUT2D eigenvalue weighted by molar-refractivity contribution is 6.12. The predicted octanol–water partition coefficient (Wildman–Crippen LogP) is 0.999. The highest BCUT2D eigenvalue weighted by Gasteiger charge is 2.61. The van der Waals surface area contributed by atoms with E-state index in [1.807, 2.05) is 0 Å². The molecular weight excluding hydrogens is 161 g/mol. The molecule has 0 N–H and O–H groups in total. The smallest absolute Gasteiger partial charge is 0.111 e. The molecule has 1 unspecified atom stereocenters. The van der Waals surface area contributed by atoms with Crippen LogP contribution in [0.2, 0.25) is 0 Å². The number of ether oxygens (including phenoxy) is 1. The van der Waals surface area contributed by atoms with E-state index in [1.54, 1.807) is 0 Å². The minimum absolute atomic E-state index is 0.0127. The summed E-state index contributed by atoms with van der Waals surface area (Å²) in [6.45, 7) is 6.70. The van der Waals surface area contributed by atoms with E-state index in [0.29, 0.717) is 18.0 Å². The Balaban J connectivity index is 2.36. The Morgan fingerprint density at radius 1 is 1.46 bits per heavy atom. The van der Waals surface area contributed by atoms with E-state index >= 15 is 0 Å². The maximum Gasteiger partial charge on any atom is 0.111 e. The molecule has 2 nitrogen and oxygen atoms in total. The van der Waals surface area contributed by atoms with Gasteiger partial charge in [-0.25, -0.2) is 0 Å². The van der Waals surface area contributed by atoms with Gasteiger partial charge in [-0.2, -0.15) is 0 Å². The molecule has 2 fully saturated rings. The van der Waals surface area contributed by atoms with E-state index in [-0.39, 0.29) is 11.6 Å². The SMILES string of the molecule is [B][C@@H]1O[C@]2(CC)[C@H](C)C1N(C)[C@@H]2C. The second kappa shape index (κ2) is 2.74. The van der Waals surface area contributed by atoms with Crippen LogP contribution in [0.5, 0.6) is 0 Å². The summed E-state index contributed by atoms with van der Waals surface area (Å²) < 4.78 is 5.93. The maximum absolute atomic E-state index is 5.96. The summed E-state index contributed by atoms with van der Waals surface area (Å²) in [6, 6.07) is 0.823. The number of likely N-dealkylation sites (tertiary alicyclic amines) is 1. The van der Waals surface area contributed by atoms with Gasteiger partial charge in [0.25, 0.3) is 0 Å². The van der Waals surface area contributed by atoms with Crippen LogP contribution < -0.4 is 0 Å². The molecule has 0 aliphatic carbocycles. The number of morpholine rings is 1. The van der Waals surface area contributed by atoms with Crippen molar-refractivity contribution in [3.63, 3.8) is 0 Å². The molecule has 0 amide bonds. The van der Waals surface area contributed by atoms with Crippen LogP contribution in [0.3, 0.4) is 0 Å². The van der Waals surface area contributed by atoms with Crippen LogP contribution in [-0.2, 0) is 4.74 Å². The number of nitrogens with zero attached hydrogens (tertiary/aromatic N) is 1. The van der Waals surface area contributed by atoms with Crippen LogP contribution in [0.25, 0.3) is 0 Å². The van der Waals surface area contributed by atoms with Crippen LogP contribution in [0.4, 0.5) is 0 Å². The molecule has 0 saturated carbocycles. The quantitative estimate of drug-likeness (QED) is 0.556. The Labute approximate surface area is 82.0 Å². The zero-order valence-electron chi connectivity index (χ0n) is 8.95. The average Bonchev–Trinajstić information content (AvgIpc) is 2.44. The molecule has 3 heteroatoms. The first-order valence-electron chi connectivity index (χ1n) is 5.20. The summed E-state index contributed by atoms with van der Waals surface area (Å²) in [4.78, 5) is 2.38. The second-order valence-electron chi connectivity index (χ2n) is 4.51. The number of hydrogen-bond acceptors (Lipinski definition) is 2. The fourth-order valence-electron chi connectivity index (χ4n) is 3.37. The summed E-state index contributed by atoms with van der Waals surface area (Å²) in [5.41, 5.74) is 0.0127. The molecule has 2 bridgehead atoms. The van der Waals surface area contributed by atoms with Gasteiger partial charge in [0.15, 0.2) is 0 Å². The van der Waals surface area contributed by atoms with Gasteiger partial charge < -0.3 is 4.74 Å². The van der Waals surface area contributed by atoms with Crippen molar-refractivity contribution in [3.8, 4) is 0 Å². The highest BCUT2D eigenvalue weighted by atomic mass is 16.5. The minimum Gasteiger partial charge on any atom is -0.378 e. The molecule has 13 heavy (non-hydrogen) atoms. The van der Waals surface area contributed by atoms with Gasteiger partial charge in [0.2, 0.25) is 0 Å². The predicted molar refractivity (Wildman–Crippen MR) is 53.8 cm³/mol. The fraction of sp³-hybridized carbons (Fsp3) is 1.00. The van der Waals surface area contributed by atoms with E-state index in [0.717, 1.165) is 6.42 Å². The standard InChI is InChI=1S/C10H18BNO/c1-5-10-6(2)8(9(11)13-10)12(4)7(10)3/h6-9H,5H2,1-4H3/t6-,7-,8?,9-,10-/m1/s1. The fourth-order valence-corrected chi connectivity index (χ4v) is 3.37. The number of hydrogen-bond donors (Lipinski definition) is 0. The molecule has 5 atom stereocenters. The van der Waals surface area contributed by atoms with Crippen molar-refractivity contribution in [3.05, 3.63) is 0 Å². The van der Waals surface area contributed by atoms with Gasteiger partial charge in [0, 0.05) is 24.0 Å². The zero-order chi connectivity index (χ0) is 9.80. The Morgan fingerprint density at radius 2 is 2.08 bits per heavy atom. The van der Waals surface area contributed by atoms with E-state index in [2.05, 4.69) is 32.7 Å². The molecule has 2 rings (SSSR count). The lowest BCUT2D eigenvalue weighted by molar-refractivity contribution is -0.0978. The zero-order valence-corrected chi connectivity index (χ0v) is 8.95. The first-order chi connectivity index (χ1) is 6.04. The summed E-state index contributed by atoms with van der Waals surface area (Å²) >= 11 is 0. The monoisotopic (exact) mass is 179 g/mol. The summed E-state index contributed by atoms with van der Waals surface area (Å²) in [7, 11) is 8.12. The van der Waals surface area contributed by atoms with Crippen molar-refractivity contribution in [1.29, 1.82) is 0 Å². The lowest BCUT2D eigenvalue weighted by Crippen LogP contribution is -2.52. The topological polar surface area (TPSA) is 12.5 Å². The number of likely N-dealkylation sites (N-methyl/N-ethyl adjacent to an activating group) is 1. The highest BCUT2D eigenvalue weighted by Crippen LogP contribution is 2.50. The van der Waals surface area contributed by atoms with Crippen molar-refractivity contribution in [2.24, 2.45) is 5.92 Å². The molecule has 2 aliphatic heterocycles. The molecular formula is C10H18BNO. The summed E-state index contributed by atoms with van der Waals surface area (Å²) in [5.74, 6) is 0.562. The molecule has 0 aromatic rings. The van der Waals surface area contributed by atoms with Crippen molar-refractivity contribution in [2.75, 3.05) is 7.05 Å². The first-order valence-corrected chi connectivity index (χ1v) is 5.20. The van der Waals surface area contributed by atoms with Crippen LogP contribution in [0, 0.1) is 5.92 Å². The summed E-state index contributed by atoms with van der Waals surface area (Å²) in [5, 5.41) is 0. The Hall–Kier alpha value is -0.0151. The summed E-state index contributed by atoms with van der Waals surface area (Å²) in [6.07, 6.45) is 1.06. The Bertz CT molecular complexity index is 223. The van der Waals surface area contributed by atoms with Crippen LogP contribution in [0.1, 0.15) is 27.2 Å². The normalized spacial score (nSPS) is 56.0.